The molecule has 0 amide bonds. The van der Waals surface area contributed by atoms with Gasteiger partial charge in [0.25, 0.3) is 0 Å². The first-order valence-electron chi connectivity index (χ1n) is 8.03. The van der Waals surface area contributed by atoms with Crippen molar-refractivity contribution < 1.29 is 4.74 Å². The molecule has 1 aliphatic heterocycles. The zero-order chi connectivity index (χ0) is 15.4. The number of hydrogen-bond donors (Lipinski definition) is 0. The van der Waals surface area contributed by atoms with Crippen molar-refractivity contribution in [3.63, 3.8) is 0 Å². The van der Waals surface area contributed by atoms with Gasteiger partial charge in [-0.1, -0.05) is 47.2 Å². The lowest BCUT2D eigenvalue weighted by Crippen LogP contribution is -2.43. The molecule has 20 heavy (non-hydrogen) atoms. The van der Waals surface area contributed by atoms with E-state index in [9.17, 15) is 0 Å². The van der Waals surface area contributed by atoms with E-state index in [1.54, 1.807) is 7.11 Å². The maximum atomic E-state index is 5.30. The van der Waals surface area contributed by atoms with Gasteiger partial charge in [-0.3, -0.25) is 5.01 Å². The molecule has 1 fully saturated rings. The second kappa shape index (κ2) is 7.08. The molecular weight excluding hydrogens is 264 g/mol. The van der Waals surface area contributed by atoms with Crippen LogP contribution in [-0.2, 0) is 4.74 Å². The van der Waals surface area contributed by atoms with Gasteiger partial charge < -0.3 is 4.74 Å². The van der Waals surface area contributed by atoms with Crippen molar-refractivity contribution in [3.05, 3.63) is 0 Å². The summed E-state index contributed by atoms with van der Waals surface area (Å²) in [5.74, 6) is 0. The van der Waals surface area contributed by atoms with Gasteiger partial charge in [0.15, 0.2) is 0 Å². The molecule has 0 saturated carbocycles. The highest BCUT2D eigenvalue weighted by Crippen LogP contribution is 2.44. The van der Waals surface area contributed by atoms with Crippen LogP contribution >= 0.6 is 0 Å². The fourth-order valence-electron chi connectivity index (χ4n) is 2.86. The highest BCUT2D eigenvalue weighted by Gasteiger charge is 2.40. The second-order valence-corrected chi connectivity index (χ2v) is 13.4. The minimum atomic E-state index is -1.35. The molecule has 1 rings (SSSR count). The van der Waals surface area contributed by atoms with E-state index >= 15 is 0 Å². The Morgan fingerprint density at radius 2 is 2.05 bits per heavy atom. The van der Waals surface area contributed by atoms with Crippen molar-refractivity contribution >= 4 is 14.3 Å². The zero-order valence-corrected chi connectivity index (χ0v) is 15.6. The van der Waals surface area contributed by atoms with Crippen LogP contribution in [0.1, 0.15) is 47.0 Å². The largest absolute Gasteiger partial charge is 0.382 e. The number of rotatable bonds is 6. The Balaban J connectivity index is 2.75. The number of hydrazone groups is 1. The highest BCUT2D eigenvalue weighted by atomic mass is 28.3. The Hall–Kier alpha value is -0.353. The van der Waals surface area contributed by atoms with E-state index < -0.39 is 8.07 Å². The average Bonchev–Trinajstić information content (AvgIpc) is 2.76. The molecule has 0 unspecified atom stereocenters. The van der Waals surface area contributed by atoms with Crippen LogP contribution in [0.3, 0.4) is 0 Å². The smallest absolute Gasteiger partial charge is 0.0704 e. The summed E-state index contributed by atoms with van der Waals surface area (Å²) in [6.07, 6.45) is 5.90. The summed E-state index contributed by atoms with van der Waals surface area (Å²) in [6.45, 7) is 16.4. The number of ether oxygens (including phenoxy) is 1. The third-order valence-corrected chi connectivity index (χ3v) is 11.7. The van der Waals surface area contributed by atoms with Gasteiger partial charge >= 0.3 is 0 Å². The maximum Gasteiger partial charge on any atom is 0.0704 e. The van der Waals surface area contributed by atoms with Crippen LogP contribution in [0.2, 0.25) is 23.7 Å². The summed E-state index contributed by atoms with van der Waals surface area (Å²) in [6, 6.07) is 0.480. The molecular formula is C16H34N2OSi. The quantitative estimate of drug-likeness (QED) is 0.537. The molecule has 3 nitrogen and oxygen atoms in total. The standard InChI is InChI=1S/C16H34N2OSi/c1-8-15(20(6,7)16(2,3)4)12-17-18-11-9-10-14(18)13-19-5/h12,14-15H,8-11,13H2,1-7H3/b17-12+/t14-,15-/m0/s1. The molecule has 0 spiro atoms. The molecule has 1 aliphatic rings. The van der Waals surface area contributed by atoms with E-state index in [2.05, 4.69) is 52.0 Å². The molecule has 0 aromatic rings. The van der Waals surface area contributed by atoms with E-state index in [-0.39, 0.29) is 0 Å². The van der Waals surface area contributed by atoms with E-state index in [0.29, 0.717) is 16.6 Å². The van der Waals surface area contributed by atoms with Crippen LogP contribution in [0.15, 0.2) is 5.10 Å². The Morgan fingerprint density at radius 1 is 1.40 bits per heavy atom. The molecule has 0 aromatic carbocycles. The van der Waals surface area contributed by atoms with E-state index in [1.165, 1.54) is 19.3 Å². The lowest BCUT2D eigenvalue weighted by molar-refractivity contribution is 0.118. The highest BCUT2D eigenvalue weighted by molar-refractivity contribution is 6.83. The van der Waals surface area contributed by atoms with E-state index in [4.69, 9.17) is 9.84 Å². The average molecular weight is 299 g/mol. The predicted octanol–water partition coefficient (Wildman–Crippen LogP) is 4.37. The molecule has 0 N–H and O–H groups in total. The minimum Gasteiger partial charge on any atom is -0.382 e. The molecule has 0 aliphatic carbocycles. The lowest BCUT2D eigenvalue weighted by atomic mass is 10.2. The van der Waals surface area contributed by atoms with Crippen molar-refractivity contribution in [2.45, 2.75) is 76.7 Å². The minimum absolute atomic E-state index is 0.413. The molecule has 1 saturated heterocycles. The Bertz CT molecular complexity index is 323. The third kappa shape index (κ3) is 4.07. The summed E-state index contributed by atoms with van der Waals surface area (Å²) < 4.78 is 5.30. The first-order valence-corrected chi connectivity index (χ1v) is 11.1. The van der Waals surface area contributed by atoms with Gasteiger partial charge in [-0.25, -0.2) is 0 Å². The van der Waals surface area contributed by atoms with E-state index in [1.807, 2.05) is 0 Å². The zero-order valence-electron chi connectivity index (χ0n) is 14.6. The summed E-state index contributed by atoms with van der Waals surface area (Å²) >= 11 is 0. The van der Waals surface area contributed by atoms with Crippen molar-refractivity contribution in [2.24, 2.45) is 5.10 Å². The molecule has 0 aromatic heterocycles. The fourth-order valence-corrected chi connectivity index (χ4v) is 5.43. The van der Waals surface area contributed by atoms with Gasteiger partial charge in [-0.2, -0.15) is 5.10 Å². The van der Waals surface area contributed by atoms with Crippen LogP contribution in [-0.4, -0.2) is 45.6 Å². The van der Waals surface area contributed by atoms with E-state index in [0.717, 1.165) is 13.2 Å². The molecule has 2 atom stereocenters. The Kier molecular flexibility index (Phi) is 6.26. The van der Waals surface area contributed by atoms with Crippen molar-refractivity contribution in [1.82, 2.24) is 5.01 Å². The Labute approximate surface area is 126 Å². The molecule has 0 bridgehead atoms. The van der Waals surface area contributed by atoms with Crippen LogP contribution < -0.4 is 0 Å². The van der Waals surface area contributed by atoms with Crippen LogP contribution in [0.4, 0.5) is 0 Å². The summed E-state index contributed by atoms with van der Waals surface area (Å²) in [5, 5.41) is 7.50. The third-order valence-electron chi connectivity index (χ3n) is 5.40. The van der Waals surface area contributed by atoms with Gasteiger partial charge in [0, 0.05) is 19.9 Å². The van der Waals surface area contributed by atoms with Crippen LogP contribution in [0, 0.1) is 0 Å². The summed E-state index contributed by atoms with van der Waals surface area (Å²) in [7, 11) is 0.428. The number of hydrogen-bond acceptors (Lipinski definition) is 3. The topological polar surface area (TPSA) is 24.8 Å². The van der Waals surface area contributed by atoms with Crippen LogP contribution in [0.25, 0.3) is 0 Å². The van der Waals surface area contributed by atoms with Crippen molar-refractivity contribution in [2.75, 3.05) is 20.3 Å². The fraction of sp³-hybridized carbons (Fsp3) is 0.938. The molecule has 1 heterocycles. The maximum absolute atomic E-state index is 5.30. The first kappa shape index (κ1) is 17.7. The number of methoxy groups -OCH3 is 1. The van der Waals surface area contributed by atoms with Gasteiger partial charge in [-0.15, -0.1) is 0 Å². The summed E-state index contributed by atoms with van der Waals surface area (Å²) in [4.78, 5) is 0. The normalized spacial score (nSPS) is 22.8. The molecule has 0 radical (unpaired) electrons. The second-order valence-electron chi connectivity index (χ2n) is 7.67. The number of nitrogens with zero attached hydrogens (tertiary/aromatic N) is 2. The SMILES string of the molecule is CC[C@@H](/C=N/N1CCC[C@H]1COC)[Si](C)(C)C(C)(C)C. The van der Waals surface area contributed by atoms with Crippen molar-refractivity contribution in [3.8, 4) is 0 Å². The summed E-state index contributed by atoms with van der Waals surface area (Å²) in [5.41, 5.74) is 0.645. The first-order chi connectivity index (χ1) is 9.24. The van der Waals surface area contributed by atoms with Gasteiger partial charge in [-0.05, 0) is 23.4 Å². The Morgan fingerprint density at radius 3 is 2.55 bits per heavy atom. The van der Waals surface area contributed by atoms with Gasteiger partial charge in [0.2, 0.25) is 0 Å². The molecule has 4 heteroatoms. The monoisotopic (exact) mass is 298 g/mol. The molecule has 118 valence electrons. The predicted molar refractivity (Wildman–Crippen MR) is 91.3 cm³/mol. The van der Waals surface area contributed by atoms with Gasteiger partial charge in [0.1, 0.15) is 0 Å². The van der Waals surface area contributed by atoms with Gasteiger partial charge in [0.05, 0.1) is 20.7 Å². The van der Waals surface area contributed by atoms with Crippen LogP contribution in [0.5, 0.6) is 0 Å². The lowest BCUT2D eigenvalue weighted by Gasteiger charge is -2.41. The van der Waals surface area contributed by atoms with Crippen molar-refractivity contribution in [1.29, 1.82) is 0 Å².